The van der Waals surface area contributed by atoms with Crippen LogP contribution in [-0.2, 0) is 11.3 Å². The van der Waals surface area contributed by atoms with Gasteiger partial charge in [0.05, 0.1) is 12.2 Å². The standard InChI is InChI=1S/C26H30FN5O3/c1-19-6-7-21(17-23(19)27)24-8-9-25(33)32(29-24)18-20-4-3-5-22(16-20)28-26(34)35-15-14-31-12-10-30(2)11-13-31/h3-9,16-17H,10-15,18H2,1-2H3,(H,28,34). The van der Waals surface area contributed by atoms with Crippen molar-refractivity contribution in [2.45, 2.75) is 13.5 Å². The van der Waals surface area contributed by atoms with Crippen molar-refractivity contribution in [3.63, 3.8) is 0 Å². The Hall–Kier alpha value is -3.56. The van der Waals surface area contributed by atoms with E-state index in [4.69, 9.17) is 4.74 Å². The normalized spacial score (nSPS) is 14.6. The summed E-state index contributed by atoms with van der Waals surface area (Å²) >= 11 is 0. The number of amides is 1. The van der Waals surface area contributed by atoms with Gasteiger partial charge >= 0.3 is 6.09 Å². The molecule has 2 aromatic carbocycles. The van der Waals surface area contributed by atoms with E-state index >= 15 is 0 Å². The van der Waals surface area contributed by atoms with Gasteiger partial charge < -0.3 is 9.64 Å². The molecule has 0 spiro atoms. The average Bonchev–Trinajstić information content (AvgIpc) is 2.84. The summed E-state index contributed by atoms with van der Waals surface area (Å²) in [6.07, 6.45) is -0.519. The largest absolute Gasteiger partial charge is 0.448 e. The summed E-state index contributed by atoms with van der Waals surface area (Å²) in [6, 6.07) is 15.0. The molecular weight excluding hydrogens is 449 g/mol. The Morgan fingerprint density at radius 1 is 1.09 bits per heavy atom. The van der Waals surface area contributed by atoms with Crippen LogP contribution in [0.5, 0.6) is 0 Å². The highest BCUT2D eigenvalue weighted by Gasteiger charge is 2.14. The van der Waals surface area contributed by atoms with Gasteiger partial charge in [0.15, 0.2) is 0 Å². The van der Waals surface area contributed by atoms with E-state index in [2.05, 4.69) is 27.3 Å². The van der Waals surface area contributed by atoms with E-state index in [-0.39, 0.29) is 17.9 Å². The predicted molar refractivity (Wildman–Crippen MR) is 133 cm³/mol. The number of hydrogen-bond acceptors (Lipinski definition) is 6. The minimum atomic E-state index is -0.519. The molecule has 0 aliphatic carbocycles. The Labute approximate surface area is 203 Å². The summed E-state index contributed by atoms with van der Waals surface area (Å²) in [5, 5.41) is 7.15. The van der Waals surface area contributed by atoms with Crippen LogP contribution >= 0.6 is 0 Å². The molecule has 1 amide bonds. The number of benzene rings is 2. The second-order valence-electron chi connectivity index (χ2n) is 8.78. The Bertz CT molecular complexity index is 1240. The van der Waals surface area contributed by atoms with Gasteiger partial charge in [0.1, 0.15) is 12.4 Å². The number of carbonyl (C=O) groups excluding carboxylic acids is 1. The van der Waals surface area contributed by atoms with E-state index in [1.807, 2.05) is 6.07 Å². The van der Waals surface area contributed by atoms with E-state index in [0.29, 0.717) is 35.7 Å². The van der Waals surface area contributed by atoms with Gasteiger partial charge in [0.2, 0.25) is 0 Å². The van der Waals surface area contributed by atoms with Gasteiger partial charge in [-0.05, 0) is 49.4 Å². The van der Waals surface area contributed by atoms with Crippen molar-refractivity contribution in [2.24, 2.45) is 0 Å². The minimum absolute atomic E-state index is 0.203. The summed E-state index contributed by atoms with van der Waals surface area (Å²) in [4.78, 5) is 29.2. The Morgan fingerprint density at radius 3 is 2.66 bits per heavy atom. The molecule has 1 fully saturated rings. The van der Waals surface area contributed by atoms with Crippen LogP contribution in [0.1, 0.15) is 11.1 Å². The van der Waals surface area contributed by atoms with Crippen molar-refractivity contribution in [3.05, 3.63) is 81.9 Å². The highest BCUT2D eigenvalue weighted by molar-refractivity contribution is 5.84. The zero-order chi connectivity index (χ0) is 24.8. The zero-order valence-electron chi connectivity index (χ0n) is 20.0. The highest BCUT2D eigenvalue weighted by atomic mass is 19.1. The first-order valence-corrected chi connectivity index (χ1v) is 11.7. The fourth-order valence-corrected chi connectivity index (χ4v) is 3.88. The molecule has 1 aliphatic heterocycles. The van der Waals surface area contributed by atoms with Crippen molar-refractivity contribution in [2.75, 3.05) is 51.7 Å². The molecule has 0 saturated carbocycles. The maximum Gasteiger partial charge on any atom is 0.411 e. The van der Waals surface area contributed by atoms with Crippen molar-refractivity contribution in [1.29, 1.82) is 0 Å². The Kier molecular flexibility index (Phi) is 7.89. The van der Waals surface area contributed by atoms with Gasteiger partial charge in [-0.2, -0.15) is 5.10 Å². The molecule has 8 nitrogen and oxygen atoms in total. The molecule has 184 valence electrons. The molecule has 1 aliphatic rings. The fraction of sp³-hybridized carbons (Fsp3) is 0.346. The average molecular weight is 480 g/mol. The molecule has 0 unspecified atom stereocenters. The first-order valence-electron chi connectivity index (χ1n) is 11.7. The fourth-order valence-electron chi connectivity index (χ4n) is 3.88. The number of nitrogens with zero attached hydrogens (tertiary/aromatic N) is 4. The number of rotatable bonds is 7. The van der Waals surface area contributed by atoms with E-state index in [0.717, 1.165) is 31.7 Å². The summed E-state index contributed by atoms with van der Waals surface area (Å²) in [5.74, 6) is -0.323. The van der Waals surface area contributed by atoms with Crippen molar-refractivity contribution >= 4 is 11.8 Å². The maximum atomic E-state index is 14.0. The lowest BCUT2D eigenvalue weighted by molar-refractivity contribution is 0.111. The number of likely N-dealkylation sites (N-methyl/N-ethyl adjacent to an activating group) is 1. The number of hydrogen-bond donors (Lipinski definition) is 1. The molecule has 1 aromatic heterocycles. The first-order chi connectivity index (χ1) is 16.9. The maximum absolute atomic E-state index is 14.0. The zero-order valence-corrected chi connectivity index (χ0v) is 20.0. The molecule has 1 N–H and O–H groups in total. The summed E-state index contributed by atoms with van der Waals surface area (Å²) < 4.78 is 20.6. The van der Waals surface area contributed by atoms with E-state index < -0.39 is 6.09 Å². The number of aromatic nitrogens is 2. The van der Waals surface area contributed by atoms with Gasteiger partial charge in [-0.1, -0.05) is 24.3 Å². The van der Waals surface area contributed by atoms with Crippen LogP contribution in [-0.4, -0.2) is 72.1 Å². The van der Waals surface area contributed by atoms with Crippen LogP contribution in [0.3, 0.4) is 0 Å². The topological polar surface area (TPSA) is 79.7 Å². The number of piperazine rings is 1. The smallest absolute Gasteiger partial charge is 0.411 e. The SMILES string of the molecule is Cc1ccc(-c2ccc(=O)n(Cc3cccc(NC(=O)OCCN4CCN(C)CC4)c3)n2)cc1F. The second-order valence-corrected chi connectivity index (χ2v) is 8.78. The number of ether oxygens (including phenoxy) is 1. The number of aryl methyl sites for hydroxylation is 1. The van der Waals surface area contributed by atoms with Crippen LogP contribution < -0.4 is 10.9 Å². The van der Waals surface area contributed by atoms with Crippen molar-refractivity contribution < 1.29 is 13.9 Å². The van der Waals surface area contributed by atoms with Gasteiger partial charge in [0, 0.05) is 50.0 Å². The number of carbonyl (C=O) groups is 1. The van der Waals surface area contributed by atoms with E-state index in [9.17, 15) is 14.0 Å². The lowest BCUT2D eigenvalue weighted by atomic mass is 10.1. The van der Waals surface area contributed by atoms with E-state index in [1.54, 1.807) is 43.3 Å². The van der Waals surface area contributed by atoms with Gasteiger partial charge in [-0.15, -0.1) is 0 Å². The molecule has 1 saturated heterocycles. The minimum Gasteiger partial charge on any atom is -0.448 e. The third kappa shape index (κ3) is 6.74. The van der Waals surface area contributed by atoms with Crippen LogP contribution in [0.15, 0.2) is 59.4 Å². The molecule has 0 atom stereocenters. The van der Waals surface area contributed by atoms with Crippen molar-refractivity contribution in [3.8, 4) is 11.3 Å². The van der Waals surface area contributed by atoms with E-state index in [1.165, 1.54) is 16.8 Å². The Morgan fingerprint density at radius 2 is 1.89 bits per heavy atom. The van der Waals surface area contributed by atoms with Crippen LogP contribution in [0.4, 0.5) is 14.9 Å². The highest BCUT2D eigenvalue weighted by Crippen LogP contribution is 2.19. The van der Waals surface area contributed by atoms with Crippen LogP contribution in [0.25, 0.3) is 11.3 Å². The molecule has 3 aromatic rings. The summed E-state index contributed by atoms with van der Waals surface area (Å²) in [6.45, 7) is 6.89. The molecule has 35 heavy (non-hydrogen) atoms. The van der Waals surface area contributed by atoms with Gasteiger partial charge in [0.25, 0.3) is 5.56 Å². The summed E-state index contributed by atoms with van der Waals surface area (Å²) in [7, 11) is 2.10. The Balaban J connectivity index is 1.36. The van der Waals surface area contributed by atoms with Gasteiger partial charge in [-0.3, -0.25) is 15.0 Å². The third-order valence-electron chi connectivity index (χ3n) is 6.08. The monoisotopic (exact) mass is 479 g/mol. The lowest BCUT2D eigenvalue weighted by Gasteiger charge is -2.31. The second kappa shape index (κ2) is 11.2. The molecule has 0 bridgehead atoms. The molecule has 9 heteroatoms. The predicted octanol–water partition coefficient (Wildman–Crippen LogP) is 3.20. The van der Waals surface area contributed by atoms with Crippen LogP contribution in [0.2, 0.25) is 0 Å². The number of anilines is 1. The number of halogens is 1. The van der Waals surface area contributed by atoms with Crippen molar-refractivity contribution in [1.82, 2.24) is 19.6 Å². The summed E-state index contributed by atoms with van der Waals surface area (Å²) in [5.41, 5.74) is 2.71. The molecular formula is C26H30FN5O3. The third-order valence-corrected chi connectivity index (χ3v) is 6.08. The molecule has 2 heterocycles. The lowest BCUT2D eigenvalue weighted by Crippen LogP contribution is -2.45. The van der Waals surface area contributed by atoms with Crippen LogP contribution in [0, 0.1) is 12.7 Å². The molecule has 4 rings (SSSR count). The van der Waals surface area contributed by atoms with Gasteiger partial charge in [-0.25, -0.2) is 13.9 Å². The molecule has 0 radical (unpaired) electrons. The quantitative estimate of drug-likeness (QED) is 0.561. The first kappa shape index (κ1) is 24.6. The number of nitrogens with one attached hydrogen (secondary N) is 1.